The summed E-state index contributed by atoms with van der Waals surface area (Å²) in [7, 11) is 0. The summed E-state index contributed by atoms with van der Waals surface area (Å²) in [6, 6.07) is 5.23. The molecule has 1 atom stereocenters. The molecule has 1 aromatic carbocycles. The number of non-ortho nitro benzene ring substituents is 1. The van der Waals surface area contributed by atoms with Crippen LogP contribution in [0.25, 0.3) is 0 Å². The molecule has 5 nitrogen and oxygen atoms in total. The van der Waals surface area contributed by atoms with E-state index in [0.717, 1.165) is 30.8 Å². The Bertz CT molecular complexity index is 467. The summed E-state index contributed by atoms with van der Waals surface area (Å²) >= 11 is 0. The Balaban J connectivity index is 0.000000902. The average Bonchev–Trinajstić information content (AvgIpc) is 2.38. The Kier molecular flexibility index (Phi) is 6.68. The fraction of sp³-hybridized carbons (Fsp3) is 0.462. The third-order valence-corrected chi connectivity index (χ3v) is 3.52. The number of benzene rings is 1. The van der Waals surface area contributed by atoms with Crippen molar-refractivity contribution in [3.63, 3.8) is 0 Å². The summed E-state index contributed by atoms with van der Waals surface area (Å²) in [5.41, 5.74) is 1.02. The molecule has 6 heteroatoms. The largest absolute Gasteiger partial charge is 1.00 e. The third-order valence-electron chi connectivity index (χ3n) is 3.52. The second-order valence-electron chi connectivity index (χ2n) is 4.56. The van der Waals surface area contributed by atoms with Crippen molar-refractivity contribution in [1.29, 1.82) is 0 Å². The van der Waals surface area contributed by atoms with Crippen molar-refractivity contribution in [2.24, 2.45) is 0 Å². The molecule has 0 amide bonds. The number of rotatable bonds is 1. The number of hydrogen-bond donors (Lipinski definition) is 0. The minimum atomic E-state index is -0.353. The fourth-order valence-electron chi connectivity index (χ4n) is 2.64. The Labute approximate surface area is 172 Å². The Morgan fingerprint density at radius 2 is 2.16 bits per heavy atom. The molecular weight excluding hydrogens is 365 g/mol. The zero-order valence-corrected chi connectivity index (χ0v) is 17.7. The van der Waals surface area contributed by atoms with Crippen LogP contribution < -0.4 is 78.5 Å². The molecule has 0 N–H and O–H groups in total. The van der Waals surface area contributed by atoms with E-state index in [1.54, 1.807) is 12.1 Å². The molecule has 0 bridgehead atoms. The minimum absolute atomic E-state index is 0. The molecule has 19 heavy (non-hydrogen) atoms. The maximum atomic E-state index is 10.8. The van der Waals surface area contributed by atoms with Gasteiger partial charge >= 0.3 is 68.9 Å². The van der Waals surface area contributed by atoms with E-state index < -0.39 is 0 Å². The van der Waals surface area contributed by atoms with Gasteiger partial charge in [-0.25, -0.2) is 0 Å². The van der Waals surface area contributed by atoms with Gasteiger partial charge in [0, 0.05) is 18.7 Å². The van der Waals surface area contributed by atoms with E-state index >= 15 is 0 Å². The van der Waals surface area contributed by atoms with E-state index in [4.69, 9.17) is 4.74 Å². The van der Waals surface area contributed by atoms with Crippen molar-refractivity contribution < 1.29 is 78.6 Å². The zero-order chi connectivity index (χ0) is 11.8. The molecule has 2 heterocycles. The summed E-state index contributed by atoms with van der Waals surface area (Å²) in [6.45, 7) is 1.67. The molecule has 0 saturated carbocycles. The van der Waals surface area contributed by atoms with Gasteiger partial charge in [0.1, 0.15) is 12.4 Å². The number of nitrogens with zero attached hydrogens (tertiary/aromatic N) is 2. The van der Waals surface area contributed by atoms with Crippen LogP contribution in [0.3, 0.4) is 0 Å². The van der Waals surface area contributed by atoms with Crippen molar-refractivity contribution in [1.82, 2.24) is 0 Å². The number of anilines is 1. The number of nitro benzene ring substituents is 1. The van der Waals surface area contributed by atoms with Gasteiger partial charge in [-0.15, -0.1) is 0 Å². The van der Waals surface area contributed by atoms with Gasteiger partial charge in [-0.1, -0.05) is 0 Å². The Hall–Kier alpha value is 0.272. The average molecular weight is 382 g/mol. The zero-order valence-electron chi connectivity index (χ0n) is 11.5. The van der Waals surface area contributed by atoms with E-state index in [2.05, 4.69) is 4.90 Å². The fourth-order valence-corrected chi connectivity index (χ4v) is 2.64. The predicted molar refractivity (Wildman–Crippen MR) is 70.0 cm³/mol. The number of nitro groups is 1. The Morgan fingerprint density at radius 3 is 2.89 bits per heavy atom. The smallest absolute Gasteiger partial charge is 0.489 e. The van der Waals surface area contributed by atoms with Crippen LogP contribution in [0.1, 0.15) is 19.3 Å². The molecule has 98 valence electrons. The minimum Gasteiger partial charge on any atom is -0.489 e. The molecule has 1 unspecified atom stereocenters. The molecule has 1 saturated heterocycles. The van der Waals surface area contributed by atoms with Gasteiger partial charge in [0.2, 0.25) is 0 Å². The van der Waals surface area contributed by atoms with Gasteiger partial charge in [0.25, 0.3) is 5.69 Å². The Morgan fingerprint density at radius 1 is 1.37 bits per heavy atom. The maximum absolute atomic E-state index is 10.8. The third kappa shape index (κ3) is 3.48. The maximum Gasteiger partial charge on any atom is 1.00 e. The van der Waals surface area contributed by atoms with Crippen LogP contribution in [-0.4, -0.2) is 24.1 Å². The summed E-state index contributed by atoms with van der Waals surface area (Å²) < 4.78 is 5.66. The van der Waals surface area contributed by atoms with Gasteiger partial charge in [-0.3, -0.25) is 10.1 Å². The molecule has 3 rings (SSSR count). The van der Waals surface area contributed by atoms with Crippen LogP contribution in [0.2, 0.25) is 0 Å². The summed E-state index contributed by atoms with van der Waals surface area (Å²) in [5, 5.41) is 10.8. The van der Waals surface area contributed by atoms with E-state index in [1.807, 2.05) is 0 Å². The molecule has 0 aliphatic carbocycles. The van der Waals surface area contributed by atoms with Crippen LogP contribution in [0.5, 0.6) is 5.75 Å². The molecule has 2 aliphatic rings. The molecular formula is C13H17CsN2O3. The molecule has 1 aromatic rings. The summed E-state index contributed by atoms with van der Waals surface area (Å²) in [6.07, 6.45) is 3.48. The standard InChI is InChI=1S/C12H14N2O3.CH3.Cs/c15-14(16)9-4-5-12-11(7-9)13-6-2-1-3-10(13)8-17-12;;/h4-5,7,10H,1-3,6,8H2;1H3;/q;-1;+1. The molecule has 0 spiro atoms. The monoisotopic (exact) mass is 382 g/mol. The number of ether oxygens (including phenoxy) is 1. The van der Waals surface area contributed by atoms with E-state index in [0.29, 0.717) is 12.6 Å². The SMILES string of the molecule is O=[N+]([O-])c1ccc2c(c1)N1CCCCC1CO2.[CH3-].[Cs+]. The van der Waals surface area contributed by atoms with E-state index in [9.17, 15) is 10.1 Å². The van der Waals surface area contributed by atoms with Gasteiger partial charge in [-0.05, 0) is 25.3 Å². The molecule has 1 fully saturated rings. The van der Waals surface area contributed by atoms with Crippen molar-refractivity contribution in [3.8, 4) is 5.75 Å². The van der Waals surface area contributed by atoms with Crippen LogP contribution in [0.15, 0.2) is 18.2 Å². The first-order valence-electron chi connectivity index (χ1n) is 5.93. The predicted octanol–water partition coefficient (Wildman–Crippen LogP) is -0.200. The first-order valence-corrected chi connectivity index (χ1v) is 5.93. The van der Waals surface area contributed by atoms with E-state index in [-0.39, 0.29) is 86.9 Å². The summed E-state index contributed by atoms with van der Waals surface area (Å²) in [5.74, 6) is 0.772. The molecule has 0 radical (unpaired) electrons. The normalized spacial score (nSPS) is 20.0. The first-order chi connectivity index (χ1) is 8.25. The summed E-state index contributed by atoms with van der Waals surface area (Å²) in [4.78, 5) is 12.7. The van der Waals surface area contributed by atoms with Gasteiger partial charge < -0.3 is 17.1 Å². The van der Waals surface area contributed by atoms with Gasteiger partial charge in [0.15, 0.2) is 0 Å². The number of piperidine rings is 1. The topological polar surface area (TPSA) is 55.6 Å². The quantitative estimate of drug-likeness (QED) is 0.384. The van der Waals surface area contributed by atoms with Crippen LogP contribution >= 0.6 is 0 Å². The van der Waals surface area contributed by atoms with Gasteiger partial charge in [0.05, 0.1) is 16.7 Å². The number of fused-ring (bicyclic) bond motifs is 3. The van der Waals surface area contributed by atoms with Crippen molar-refractivity contribution >= 4 is 11.4 Å². The number of hydrogen-bond acceptors (Lipinski definition) is 4. The van der Waals surface area contributed by atoms with Crippen LogP contribution in [0.4, 0.5) is 11.4 Å². The first kappa shape index (κ1) is 17.3. The van der Waals surface area contributed by atoms with Crippen LogP contribution in [-0.2, 0) is 0 Å². The van der Waals surface area contributed by atoms with E-state index in [1.165, 1.54) is 12.5 Å². The van der Waals surface area contributed by atoms with Crippen molar-refractivity contribution in [2.45, 2.75) is 25.3 Å². The molecule has 2 aliphatic heterocycles. The second-order valence-corrected chi connectivity index (χ2v) is 4.56. The second kappa shape index (κ2) is 7.33. The van der Waals surface area contributed by atoms with Gasteiger partial charge in [-0.2, -0.15) is 0 Å². The van der Waals surface area contributed by atoms with Crippen LogP contribution in [0, 0.1) is 17.5 Å². The van der Waals surface area contributed by atoms with Crippen molar-refractivity contribution in [2.75, 3.05) is 18.1 Å². The molecule has 0 aromatic heterocycles. The van der Waals surface area contributed by atoms with Crippen molar-refractivity contribution in [3.05, 3.63) is 35.7 Å².